The Morgan fingerprint density at radius 1 is 0.525 bits per heavy atom. The molecule has 0 saturated carbocycles. The van der Waals surface area contributed by atoms with E-state index in [2.05, 4.69) is 87.5 Å². The van der Waals surface area contributed by atoms with E-state index in [9.17, 15) is 9.59 Å². The second kappa shape index (κ2) is 20.8. The van der Waals surface area contributed by atoms with Crippen LogP contribution in [0.2, 0.25) is 0 Å². The van der Waals surface area contributed by atoms with Crippen molar-refractivity contribution in [3.8, 4) is 33.8 Å². The summed E-state index contributed by atoms with van der Waals surface area (Å²) in [6.45, 7) is 6.13. The molecule has 1 unspecified atom stereocenters. The zero-order valence-corrected chi connectivity index (χ0v) is 34.9. The third-order valence-corrected chi connectivity index (χ3v) is 11.8. The first-order chi connectivity index (χ1) is 30.1. The van der Waals surface area contributed by atoms with E-state index in [1.165, 1.54) is 29.5 Å². The van der Waals surface area contributed by atoms with Crippen molar-refractivity contribution in [1.82, 2.24) is 14.7 Å². The lowest BCUT2D eigenvalue weighted by molar-refractivity contribution is -0.00147. The molecule has 8 nitrogen and oxygen atoms in total. The summed E-state index contributed by atoms with van der Waals surface area (Å²) >= 11 is 0. The molecule has 0 radical (unpaired) electrons. The van der Waals surface area contributed by atoms with Gasteiger partial charge in [0.1, 0.15) is 31.3 Å². The fourth-order valence-corrected chi connectivity index (χ4v) is 8.30. The number of benzene rings is 6. The molecular formula is C53H55N3O5. The van der Waals surface area contributed by atoms with Gasteiger partial charge in [-0.05, 0) is 127 Å². The van der Waals surface area contributed by atoms with Crippen LogP contribution in [-0.2, 0) is 18.0 Å². The van der Waals surface area contributed by atoms with E-state index < -0.39 is 0 Å². The molecule has 2 heterocycles. The van der Waals surface area contributed by atoms with E-state index in [1.54, 1.807) is 12.1 Å². The summed E-state index contributed by atoms with van der Waals surface area (Å²) in [5.74, 6) is 1.05. The van der Waals surface area contributed by atoms with E-state index in [1.807, 2.05) is 72.8 Å². The first-order valence-corrected chi connectivity index (χ1v) is 21.7. The maximum Gasteiger partial charge on any atom is 0.338 e. The molecular weight excluding hydrogens is 759 g/mol. The van der Waals surface area contributed by atoms with Crippen LogP contribution >= 0.6 is 0 Å². The Balaban J connectivity index is 0.841. The standard InChI is InChI=1S/C53H55N3O5/c57-52(47-24-28-49(29-25-47)60-39-41-16-20-45(21-17-41)43-11-3-1-4-12-43)56(36-35-54-32-9-10-33-54)51-15-7-8-34-55(51)37-38-59-53(58)48-26-30-50(31-27-48)61-40-42-18-22-46(23-19-42)44-13-5-2-6-14-44/h1-6,11-14,16-31,51H,7-10,15,32-40H2. The van der Waals surface area contributed by atoms with E-state index in [-0.39, 0.29) is 24.6 Å². The fraction of sp³-hybridized carbons (Fsp3) is 0.283. The van der Waals surface area contributed by atoms with E-state index in [4.69, 9.17) is 14.2 Å². The number of piperidine rings is 1. The van der Waals surface area contributed by atoms with Gasteiger partial charge in [0.05, 0.1) is 11.7 Å². The SMILES string of the molecule is O=C(OCCN1CCCCC1N(CCN1CCCC1)C(=O)c1ccc(OCc2ccc(-c3ccccc3)cc2)cc1)c1ccc(OCc2ccc(-c3ccccc3)cc2)cc1. The van der Waals surface area contributed by atoms with E-state index >= 15 is 0 Å². The van der Waals surface area contributed by atoms with Gasteiger partial charge in [-0.3, -0.25) is 9.69 Å². The lowest BCUT2D eigenvalue weighted by atomic mass is 10.0. The van der Waals surface area contributed by atoms with E-state index in [0.29, 0.717) is 43.2 Å². The number of nitrogens with zero attached hydrogens (tertiary/aromatic N) is 3. The van der Waals surface area contributed by atoms with Crippen LogP contribution in [-0.4, -0.2) is 78.6 Å². The lowest BCUT2D eigenvalue weighted by Crippen LogP contribution is -2.55. The van der Waals surface area contributed by atoms with Crippen molar-refractivity contribution in [3.63, 3.8) is 0 Å². The van der Waals surface area contributed by atoms with Gasteiger partial charge in [0.2, 0.25) is 0 Å². The van der Waals surface area contributed by atoms with Crippen molar-refractivity contribution in [3.05, 3.63) is 180 Å². The molecule has 0 aromatic heterocycles. The topological polar surface area (TPSA) is 71.6 Å². The Kier molecular flexibility index (Phi) is 14.2. The molecule has 2 aliphatic rings. The maximum atomic E-state index is 14.4. The molecule has 0 aliphatic carbocycles. The minimum absolute atomic E-state index is 0.0163. The van der Waals surface area contributed by atoms with Crippen molar-refractivity contribution >= 4 is 11.9 Å². The number of hydrogen-bond acceptors (Lipinski definition) is 7. The Labute approximate surface area is 360 Å². The third kappa shape index (κ3) is 11.3. The van der Waals surface area contributed by atoms with Crippen molar-refractivity contribution in [2.24, 2.45) is 0 Å². The highest BCUT2D eigenvalue weighted by Crippen LogP contribution is 2.26. The monoisotopic (exact) mass is 813 g/mol. The van der Waals surface area contributed by atoms with Crippen LogP contribution in [0.25, 0.3) is 22.3 Å². The molecule has 0 spiro atoms. The maximum absolute atomic E-state index is 14.4. The number of carbonyl (C=O) groups excluding carboxylic acids is 2. The summed E-state index contributed by atoms with van der Waals surface area (Å²) in [4.78, 5) is 34.3. The van der Waals surface area contributed by atoms with Gasteiger partial charge in [-0.15, -0.1) is 0 Å². The molecule has 6 aromatic carbocycles. The van der Waals surface area contributed by atoms with Gasteiger partial charge in [0, 0.05) is 31.7 Å². The number of carbonyl (C=O) groups is 2. The number of hydrogen-bond donors (Lipinski definition) is 0. The molecule has 2 saturated heterocycles. The average molecular weight is 814 g/mol. The van der Waals surface area contributed by atoms with Crippen LogP contribution in [0.5, 0.6) is 11.5 Å². The summed E-state index contributed by atoms with van der Waals surface area (Å²) in [7, 11) is 0. The van der Waals surface area contributed by atoms with Crippen LogP contribution in [0.1, 0.15) is 63.9 Å². The molecule has 8 rings (SSSR count). The van der Waals surface area contributed by atoms with Gasteiger partial charge >= 0.3 is 5.97 Å². The van der Waals surface area contributed by atoms with Crippen LogP contribution in [0.4, 0.5) is 0 Å². The summed E-state index contributed by atoms with van der Waals surface area (Å²) in [6.07, 6.45) is 5.28. The third-order valence-electron chi connectivity index (χ3n) is 11.8. The first kappa shape index (κ1) is 41.5. The minimum Gasteiger partial charge on any atom is -0.489 e. The number of esters is 1. The van der Waals surface area contributed by atoms with Gasteiger partial charge < -0.3 is 24.0 Å². The molecule has 1 atom stereocenters. The molecule has 2 fully saturated rings. The van der Waals surface area contributed by atoms with Crippen molar-refractivity contribution < 1.29 is 23.8 Å². The first-order valence-electron chi connectivity index (χ1n) is 21.7. The molecule has 2 aliphatic heterocycles. The van der Waals surface area contributed by atoms with Gasteiger partial charge in [-0.1, -0.05) is 109 Å². The number of amides is 1. The summed E-state index contributed by atoms with van der Waals surface area (Å²) < 4.78 is 18.0. The lowest BCUT2D eigenvalue weighted by Gasteiger charge is -2.43. The van der Waals surface area contributed by atoms with Crippen molar-refractivity contribution in [1.29, 1.82) is 0 Å². The molecule has 6 aromatic rings. The van der Waals surface area contributed by atoms with Crippen molar-refractivity contribution in [2.75, 3.05) is 45.9 Å². The summed E-state index contributed by atoms with van der Waals surface area (Å²) in [5.41, 5.74) is 7.97. The predicted molar refractivity (Wildman–Crippen MR) is 242 cm³/mol. The molecule has 8 heteroatoms. The largest absolute Gasteiger partial charge is 0.489 e. The quantitative estimate of drug-likeness (QED) is 0.0850. The molecule has 1 amide bonds. The van der Waals surface area contributed by atoms with E-state index in [0.717, 1.165) is 67.9 Å². The zero-order valence-electron chi connectivity index (χ0n) is 34.9. The molecule has 0 bridgehead atoms. The van der Waals surface area contributed by atoms with Gasteiger partial charge in [-0.2, -0.15) is 0 Å². The number of likely N-dealkylation sites (tertiary alicyclic amines) is 2. The normalized spacial score (nSPS) is 15.6. The van der Waals surface area contributed by atoms with Crippen molar-refractivity contribution in [2.45, 2.75) is 51.5 Å². The Morgan fingerprint density at radius 3 is 1.56 bits per heavy atom. The Morgan fingerprint density at radius 2 is 1.02 bits per heavy atom. The average Bonchev–Trinajstić information content (AvgIpc) is 3.86. The second-order valence-electron chi connectivity index (χ2n) is 15.9. The van der Waals surface area contributed by atoms with Crippen LogP contribution in [0, 0.1) is 0 Å². The molecule has 0 N–H and O–H groups in total. The highest BCUT2D eigenvalue weighted by molar-refractivity contribution is 5.94. The predicted octanol–water partition coefficient (Wildman–Crippen LogP) is 10.4. The van der Waals surface area contributed by atoms with Crippen LogP contribution in [0.3, 0.4) is 0 Å². The Hall–Kier alpha value is -6.22. The number of ether oxygens (including phenoxy) is 3. The summed E-state index contributed by atoms with van der Waals surface area (Å²) in [6, 6.07) is 52.1. The highest BCUT2D eigenvalue weighted by Gasteiger charge is 2.32. The molecule has 312 valence electrons. The fourth-order valence-electron chi connectivity index (χ4n) is 8.30. The van der Waals surface area contributed by atoms with Gasteiger partial charge in [0.15, 0.2) is 0 Å². The zero-order chi connectivity index (χ0) is 41.6. The molecule has 61 heavy (non-hydrogen) atoms. The number of rotatable bonds is 17. The van der Waals surface area contributed by atoms with Gasteiger partial charge in [0.25, 0.3) is 5.91 Å². The second-order valence-corrected chi connectivity index (χ2v) is 15.9. The Bertz CT molecular complexity index is 2280. The minimum atomic E-state index is -0.370. The highest BCUT2D eigenvalue weighted by atomic mass is 16.5. The van der Waals surface area contributed by atoms with Gasteiger partial charge in [-0.25, -0.2) is 4.79 Å². The smallest absolute Gasteiger partial charge is 0.338 e. The van der Waals surface area contributed by atoms with Crippen LogP contribution in [0.15, 0.2) is 158 Å². The summed E-state index contributed by atoms with van der Waals surface area (Å²) in [5, 5.41) is 0. The van der Waals surface area contributed by atoms with Crippen LogP contribution < -0.4 is 9.47 Å².